The Kier molecular flexibility index (Phi) is 3.73. The molecule has 18 heavy (non-hydrogen) atoms. The molecule has 106 valence electrons. The number of carboxylic acids is 1. The number of hydrogen-bond acceptors (Lipinski definition) is 2. The first-order valence-corrected chi connectivity index (χ1v) is 3.71. The van der Waals surface area contributed by atoms with Crippen LogP contribution < -0.4 is 5.11 Å². The van der Waals surface area contributed by atoms with Gasteiger partial charge in [0.1, 0.15) is 0 Å². The molecule has 0 fully saturated rings. The van der Waals surface area contributed by atoms with Gasteiger partial charge in [0, 0.05) is 5.57 Å². The Labute approximate surface area is 92.7 Å². The molecular weight excluding hydrogens is 287 g/mol. The molecule has 0 N–H and O–H groups in total. The Balaban J connectivity index is 5.79. The predicted molar refractivity (Wildman–Crippen MR) is 35.0 cm³/mol. The third-order valence-electron chi connectivity index (χ3n) is 1.77. The number of halogens is 9. The van der Waals surface area contributed by atoms with Gasteiger partial charge in [-0.1, -0.05) is 6.58 Å². The standard InChI is InChI=1S/C7H3F9O2/c1-2(3(17)18)4(8,9)5(10,11)6(12,13)7(14,15)16/h1H2,(H,17,18)/p-1. The summed E-state index contributed by atoms with van der Waals surface area (Å²) >= 11 is 0. The van der Waals surface area contributed by atoms with Crippen LogP contribution >= 0.6 is 0 Å². The van der Waals surface area contributed by atoms with Crippen molar-refractivity contribution in [2.75, 3.05) is 0 Å². The molecule has 2 nitrogen and oxygen atoms in total. The van der Waals surface area contributed by atoms with Gasteiger partial charge in [0.05, 0.1) is 5.97 Å². The van der Waals surface area contributed by atoms with E-state index in [0.717, 1.165) is 0 Å². The van der Waals surface area contributed by atoms with Crippen molar-refractivity contribution in [1.29, 1.82) is 0 Å². The topological polar surface area (TPSA) is 40.1 Å². The molecular formula is C7H2F9O2-. The maximum absolute atomic E-state index is 12.6. The van der Waals surface area contributed by atoms with Gasteiger partial charge in [0.15, 0.2) is 0 Å². The van der Waals surface area contributed by atoms with E-state index in [1.54, 1.807) is 6.58 Å². The predicted octanol–water partition coefficient (Wildman–Crippen LogP) is 1.76. The zero-order valence-electron chi connectivity index (χ0n) is 7.93. The van der Waals surface area contributed by atoms with Gasteiger partial charge >= 0.3 is 23.9 Å². The van der Waals surface area contributed by atoms with Gasteiger partial charge in [0.25, 0.3) is 0 Å². The first kappa shape index (κ1) is 16.6. The zero-order valence-corrected chi connectivity index (χ0v) is 7.93. The Bertz CT molecular complexity index is 368. The van der Waals surface area contributed by atoms with Gasteiger partial charge in [-0.25, -0.2) is 0 Å². The molecule has 0 aliphatic heterocycles. The minimum absolute atomic E-state index is 1.80. The normalized spacial score (nSPS) is 14.5. The van der Waals surface area contributed by atoms with Crippen LogP contribution in [-0.2, 0) is 4.79 Å². The van der Waals surface area contributed by atoms with E-state index in [2.05, 4.69) is 0 Å². The van der Waals surface area contributed by atoms with Crippen molar-refractivity contribution in [2.24, 2.45) is 0 Å². The molecule has 0 rings (SSSR count). The molecule has 0 radical (unpaired) electrons. The summed E-state index contributed by atoms with van der Waals surface area (Å²) in [6.07, 6.45) is -7.01. The van der Waals surface area contributed by atoms with E-state index in [4.69, 9.17) is 0 Å². The fourth-order valence-electron chi connectivity index (χ4n) is 0.693. The molecule has 0 bridgehead atoms. The van der Waals surface area contributed by atoms with Gasteiger partial charge in [-0.2, -0.15) is 39.5 Å². The van der Waals surface area contributed by atoms with Gasteiger partial charge in [-0.15, -0.1) is 0 Å². The second kappa shape index (κ2) is 4.05. The Hall–Kier alpha value is -1.42. The summed E-state index contributed by atoms with van der Waals surface area (Å²) in [5.41, 5.74) is -2.89. The van der Waals surface area contributed by atoms with E-state index >= 15 is 0 Å². The Morgan fingerprint density at radius 3 is 1.39 bits per heavy atom. The van der Waals surface area contributed by atoms with Gasteiger partial charge < -0.3 is 9.90 Å². The molecule has 0 unspecified atom stereocenters. The molecule has 0 aromatic carbocycles. The van der Waals surface area contributed by atoms with Crippen molar-refractivity contribution in [1.82, 2.24) is 0 Å². The first-order valence-electron chi connectivity index (χ1n) is 3.71. The number of hydrogen-bond donors (Lipinski definition) is 0. The van der Waals surface area contributed by atoms with Gasteiger partial charge in [-0.3, -0.25) is 0 Å². The summed E-state index contributed by atoms with van der Waals surface area (Å²) in [4.78, 5) is 9.82. The van der Waals surface area contributed by atoms with E-state index in [-0.39, 0.29) is 0 Å². The van der Waals surface area contributed by atoms with Crippen molar-refractivity contribution in [2.45, 2.75) is 23.9 Å². The number of rotatable bonds is 4. The molecule has 0 saturated heterocycles. The quantitative estimate of drug-likeness (QED) is 0.584. The third kappa shape index (κ3) is 2.12. The molecule has 0 aromatic heterocycles. The van der Waals surface area contributed by atoms with Crippen LogP contribution in [-0.4, -0.2) is 29.9 Å². The van der Waals surface area contributed by atoms with E-state index in [0.29, 0.717) is 0 Å². The van der Waals surface area contributed by atoms with Gasteiger partial charge in [-0.05, 0) is 0 Å². The van der Waals surface area contributed by atoms with Crippen molar-refractivity contribution in [3.63, 3.8) is 0 Å². The van der Waals surface area contributed by atoms with E-state index in [1.165, 1.54) is 0 Å². The van der Waals surface area contributed by atoms with Crippen molar-refractivity contribution < 1.29 is 49.4 Å². The van der Waals surface area contributed by atoms with Crippen LogP contribution in [0.15, 0.2) is 12.2 Å². The molecule has 0 aliphatic carbocycles. The summed E-state index contributed by atoms with van der Waals surface area (Å²) in [7, 11) is 0. The maximum Gasteiger partial charge on any atom is 0.460 e. The van der Waals surface area contributed by atoms with Crippen LogP contribution in [0.1, 0.15) is 0 Å². The average molecular weight is 289 g/mol. The summed E-state index contributed by atoms with van der Waals surface area (Å²) in [6, 6.07) is 0. The molecule has 0 atom stereocenters. The number of alkyl halides is 9. The first-order chi connectivity index (χ1) is 7.60. The zero-order chi connectivity index (χ0) is 15.2. The highest BCUT2D eigenvalue weighted by Gasteiger charge is 2.82. The lowest BCUT2D eigenvalue weighted by molar-refractivity contribution is -0.391. The monoisotopic (exact) mass is 289 g/mol. The highest BCUT2D eigenvalue weighted by Crippen LogP contribution is 2.54. The average Bonchev–Trinajstić information content (AvgIpc) is 2.13. The maximum atomic E-state index is 12.6. The number of carboxylic acid groups (broad SMARTS) is 1. The Morgan fingerprint density at radius 2 is 1.17 bits per heavy atom. The SMILES string of the molecule is C=C(C(=O)[O-])C(F)(F)C(F)(F)C(F)(F)C(F)(F)F. The largest absolute Gasteiger partial charge is 0.545 e. The third-order valence-corrected chi connectivity index (χ3v) is 1.77. The summed E-state index contributed by atoms with van der Waals surface area (Å²) in [5.74, 6) is -23.6. The van der Waals surface area contributed by atoms with Crippen LogP contribution in [0.3, 0.4) is 0 Å². The highest BCUT2D eigenvalue weighted by molar-refractivity contribution is 5.86. The minimum atomic E-state index is -7.15. The molecule has 0 aromatic rings. The molecule has 11 heteroatoms. The van der Waals surface area contributed by atoms with Crippen LogP contribution in [0.5, 0.6) is 0 Å². The lowest BCUT2D eigenvalue weighted by Gasteiger charge is -2.34. The minimum Gasteiger partial charge on any atom is -0.545 e. The Morgan fingerprint density at radius 1 is 0.833 bits per heavy atom. The molecule has 0 aliphatic rings. The van der Waals surface area contributed by atoms with E-state index < -0.39 is 35.5 Å². The fraction of sp³-hybridized carbons (Fsp3) is 0.571. The number of carbonyl (C=O) groups is 1. The molecule has 0 amide bonds. The number of aliphatic carboxylic acids is 1. The van der Waals surface area contributed by atoms with E-state index in [9.17, 15) is 49.4 Å². The molecule has 0 saturated carbocycles. The number of carbonyl (C=O) groups excluding carboxylic acids is 1. The fourth-order valence-corrected chi connectivity index (χ4v) is 0.693. The van der Waals surface area contributed by atoms with Crippen LogP contribution in [0.2, 0.25) is 0 Å². The van der Waals surface area contributed by atoms with E-state index in [1.807, 2.05) is 0 Å². The lowest BCUT2D eigenvalue weighted by atomic mass is 9.98. The summed E-state index contributed by atoms with van der Waals surface area (Å²) < 4.78 is 109. The van der Waals surface area contributed by atoms with Crippen molar-refractivity contribution in [3.8, 4) is 0 Å². The van der Waals surface area contributed by atoms with Crippen molar-refractivity contribution in [3.05, 3.63) is 12.2 Å². The summed E-state index contributed by atoms with van der Waals surface area (Å²) in [5, 5.41) is 9.82. The second-order valence-electron chi connectivity index (χ2n) is 2.99. The molecule has 0 heterocycles. The van der Waals surface area contributed by atoms with Crippen LogP contribution in [0.25, 0.3) is 0 Å². The van der Waals surface area contributed by atoms with Gasteiger partial charge in [0.2, 0.25) is 0 Å². The van der Waals surface area contributed by atoms with Crippen LogP contribution in [0.4, 0.5) is 39.5 Å². The molecule has 0 spiro atoms. The highest BCUT2D eigenvalue weighted by atomic mass is 19.4. The second-order valence-corrected chi connectivity index (χ2v) is 2.99. The lowest BCUT2D eigenvalue weighted by Crippen LogP contribution is -2.62. The van der Waals surface area contributed by atoms with Crippen molar-refractivity contribution >= 4 is 5.97 Å². The summed E-state index contributed by atoms with van der Waals surface area (Å²) in [6.45, 7) is 1.80. The smallest absolute Gasteiger partial charge is 0.460 e. The van der Waals surface area contributed by atoms with Crippen LogP contribution in [0, 0.1) is 0 Å².